The number of anilines is 2. The van der Waals surface area contributed by atoms with E-state index in [1.807, 2.05) is 0 Å². The van der Waals surface area contributed by atoms with Gasteiger partial charge in [-0.3, -0.25) is 14.4 Å². The number of nitrogens with two attached hydrogens (primary N) is 1. The van der Waals surface area contributed by atoms with Crippen LogP contribution in [-0.2, 0) is 31.1 Å². The first kappa shape index (κ1) is 33.1. The Morgan fingerprint density at radius 1 is 0.603 bits per heavy atom. The summed E-state index contributed by atoms with van der Waals surface area (Å²) in [5, 5.41) is 11.9. The molecule has 0 aliphatic heterocycles. The number of rotatable bonds is 5. The first-order chi connectivity index (χ1) is 38.5. The quantitative estimate of drug-likeness (QED) is 0.0617. The van der Waals surface area contributed by atoms with Crippen LogP contribution in [0, 0.1) is 0 Å². The van der Waals surface area contributed by atoms with Gasteiger partial charge in [0.1, 0.15) is 22.6 Å². The normalized spacial score (nSPS) is 16.5. The van der Waals surface area contributed by atoms with Gasteiger partial charge in [-0.05, 0) is 69.2 Å². The van der Waals surface area contributed by atoms with Crippen molar-refractivity contribution in [2.75, 3.05) is 25.3 Å². The zero-order valence-electron chi connectivity index (χ0n) is 55.7. The fourth-order valence-corrected chi connectivity index (χ4v) is 6.42. The van der Waals surface area contributed by atoms with E-state index < -0.39 is 120 Å². The van der Waals surface area contributed by atoms with E-state index in [4.69, 9.17) is 45.0 Å². The molecule has 0 aliphatic carbocycles. The predicted molar refractivity (Wildman–Crippen MR) is 269 cm³/mol. The monoisotopic (exact) mass is 953 g/mol. The number of carboxylic acids is 1. The van der Waals surface area contributed by atoms with E-state index in [1.165, 1.54) is 18.5 Å². The second kappa shape index (κ2) is 21.5. The second-order valence-corrected chi connectivity index (χ2v) is 16.9. The molecule has 0 saturated carbocycles. The molecular weight excluding hydrogens is 869 g/mol. The number of carbonyl (C=O) groups is 4. The number of amides is 1. The number of benzene rings is 4. The van der Waals surface area contributed by atoms with Gasteiger partial charge in [0.2, 0.25) is 10.9 Å². The molecule has 0 saturated heterocycles. The highest BCUT2D eigenvalue weighted by molar-refractivity contribution is 6.06. The highest BCUT2D eigenvalue weighted by Crippen LogP contribution is 2.41. The third-order valence-electron chi connectivity index (χ3n) is 9.72. The lowest BCUT2D eigenvalue weighted by molar-refractivity contribution is 0.0694. The predicted octanol–water partition coefficient (Wildman–Crippen LogP) is 11.4. The lowest BCUT2D eigenvalue weighted by Crippen LogP contribution is -2.25. The maximum atomic E-state index is 13.4. The number of ether oxygens (including phenoxy) is 4. The van der Waals surface area contributed by atoms with Gasteiger partial charge >= 0.3 is 18.3 Å². The molecule has 0 aliphatic rings. The van der Waals surface area contributed by atoms with Crippen LogP contribution < -0.4 is 31.4 Å². The first-order valence-corrected chi connectivity index (χ1v) is 19.9. The number of hydrogen-bond acceptors (Lipinski definition) is 11. The van der Waals surface area contributed by atoms with E-state index in [0.717, 1.165) is 38.5 Å². The maximum absolute atomic E-state index is 13.4. The molecule has 364 valence electrons. The van der Waals surface area contributed by atoms with Crippen LogP contribution in [0.1, 0.15) is 158 Å². The third-order valence-corrected chi connectivity index (χ3v) is 9.72. The van der Waals surface area contributed by atoms with Crippen molar-refractivity contribution in [1.29, 1.82) is 0 Å². The maximum Gasteiger partial charge on any atom is 0.513 e. The number of carbonyl (C=O) groups excluding carboxylic acids is 3. The molecule has 4 aromatic carbocycles. The van der Waals surface area contributed by atoms with Gasteiger partial charge in [0.05, 0.1) is 14.2 Å². The highest BCUT2D eigenvalue weighted by atomic mass is 16.7. The molecule has 0 radical (unpaired) electrons. The Balaban J connectivity index is 0.000000378. The SMILES string of the molecule is C.O=C(O)c1c[nH]c2ccccc2c1=O.[2H]C([2H])([2H])C(c1cc(C(C)(C)C)c(N)cc1OC(=O)OC)(C([2H])([2H])[2H])C([2H])([2H])[2H].[2H]C([2H])([2H])C(c1cc(C(C)(C)C)c(NC(=O)c2c[nH]c3ccccc3c2=O)cc1OC(=O)OC)(C([2H])([2H])[2H])C([2H])([2H])[2H]. The Morgan fingerprint density at radius 3 is 1.44 bits per heavy atom. The van der Waals surface area contributed by atoms with Crippen LogP contribution in [0.15, 0.2) is 94.8 Å². The van der Waals surface area contributed by atoms with Crippen LogP contribution in [0.5, 0.6) is 11.5 Å². The topological polar surface area (TPSA) is 229 Å². The summed E-state index contributed by atoms with van der Waals surface area (Å²) in [5.41, 5.74) is -4.14. The van der Waals surface area contributed by atoms with E-state index in [1.54, 1.807) is 84.0 Å². The van der Waals surface area contributed by atoms with E-state index in [0.29, 0.717) is 22.0 Å². The Kier molecular flexibility index (Phi) is 10.5. The highest BCUT2D eigenvalue weighted by Gasteiger charge is 2.29. The lowest BCUT2D eigenvalue weighted by atomic mass is 9.79. The molecule has 15 heteroatoms. The van der Waals surface area contributed by atoms with Crippen LogP contribution in [-0.4, -0.2) is 53.5 Å². The lowest BCUT2D eigenvalue weighted by Gasteiger charge is -2.29. The fraction of sp³-hybridized carbons (Fsp3) is 0.358. The van der Waals surface area contributed by atoms with Crippen molar-refractivity contribution in [2.24, 2.45) is 0 Å². The number of pyridine rings is 2. The smallest absolute Gasteiger partial charge is 0.477 e. The van der Waals surface area contributed by atoms with Gasteiger partial charge in [0.15, 0.2) is 0 Å². The van der Waals surface area contributed by atoms with Crippen molar-refractivity contribution >= 4 is 57.4 Å². The van der Waals surface area contributed by atoms with Gasteiger partial charge in [0, 0.05) is 93.5 Å². The molecule has 0 fully saturated rings. The first-order valence-electron chi connectivity index (χ1n) is 28.9. The summed E-state index contributed by atoms with van der Waals surface area (Å²) in [5.74, 6) is -3.48. The van der Waals surface area contributed by atoms with E-state index in [2.05, 4.69) is 24.8 Å². The van der Waals surface area contributed by atoms with Crippen molar-refractivity contribution in [3.05, 3.63) is 139 Å². The minimum atomic E-state index is -3.67. The molecule has 15 nitrogen and oxygen atoms in total. The average Bonchev–Trinajstić information content (AvgIpc) is 0.712. The zero-order valence-corrected chi connectivity index (χ0v) is 37.7. The number of hydrogen-bond donors (Lipinski definition) is 5. The number of nitrogen functional groups attached to an aromatic ring is 1. The summed E-state index contributed by atoms with van der Waals surface area (Å²) in [7, 11) is 1.92. The molecule has 2 aromatic heterocycles. The van der Waals surface area contributed by atoms with E-state index in [-0.39, 0.29) is 40.9 Å². The number of methoxy groups -OCH3 is 2. The third kappa shape index (κ3) is 13.4. The largest absolute Gasteiger partial charge is 0.513 e. The Morgan fingerprint density at radius 2 is 1.01 bits per heavy atom. The minimum absolute atomic E-state index is 0. The number of para-hydroxylation sites is 2. The Labute approximate surface area is 422 Å². The Bertz CT molecular complexity index is 3550. The van der Waals surface area contributed by atoms with Gasteiger partial charge < -0.3 is 45.1 Å². The van der Waals surface area contributed by atoms with Crippen molar-refractivity contribution in [3.63, 3.8) is 0 Å². The summed E-state index contributed by atoms with van der Waals surface area (Å²) in [6, 6.07) is 17.4. The van der Waals surface area contributed by atoms with Gasteiger partial charge in [-0.15, -0.1) is 0 Å². The van der Waals surface area contributed by atoms with Crippen LogP contribution in [0.3, 0.4) is 0 Å². The fourth-order valence-electron chi connectivity index (χ4n) is 6.42. The molecule has 6 rings (SSSR count). The number of aromatic amines is 2. The molecule has 6 aromatic rings. The van der Waals surface area contributed by atoms with Crippen molar-refractivity contribution in [3.8, 4) is 11.5 Å². The second-order valence-electron chi connectivity index (χ2n) is 16.9. The van der Waals surface area contributed by atoms with Crippen molar-refractivity contribution in [2.45, 2.75) is 112 Å². The summed E-state index contributed by atoms with van der Waals surface area (Å²) < 4.78 is 163. The van der Waals surface area contributed by atoms with E-state index in [9.17, 15) is 28.8 Å². The summed E-state index contributed by atoms with van der Waals surface area (Å²) in [6.07, 6.45) is -0.268. The van der Waals surface area contributed by atoms with Crippen LogP contribution in [0.2, 0.25) is 0 Å². The summed E-state index contributed by atoms with van der Waals surface area (Å²) >= 11 is 0. The average molecular weight is 953 g/mol. The van der Waals surface area contributed by atoms with Gasteiger partial charge in [0.25, 0.3) is 5.91 Å². The van der Waals surface area contributed by atoms with Gasteiger partial charge in [-0.2, -0.15) is 0 Å². The minimum Gasteiger partial charge on any atom is -0.477 e. The molecule has 0 unspecified atom stereocenters. The number of aromatic carboxylic acids is 1. The van der Waals surface area contributed by atoms with Crippen LogP contribution >= 0.6 is 0 Å². The molecule has 1 amide bonds. The molecule has 0 bridgehead atoms. The molecule has 6 N–H and O–H groups in total. The number of nitrogens with one attached hydrogen (secondary N) is 3. The number of aromatic nitrogens is 2. The molecular formula is C53H66N4O11. The molecule has 0 atom stereocenters. The number of fused-ring (bicyclic) bond motifs is 2. The van der Waals surface area contributed by atoms with Gasteiger partial charge in [-0.25, -0.2) is 14.4 Å². The summed E-state index contributed by atoms with van der Waals surface area (Å²) in [4.78, 5) is 78.2. The van der Waals surface area contributed by atoms with Crippen LogP contribution in [0.25, 0.3) is 21.8 Å². The van der Waals surface area contributed by atoms with E-state index >= 15 is 0 Å². The summed E-state index contributed by atoms with van der Waals surface area (Å²) in [6.45, 7) is -11.5. The molecule has 68 heavy (non-hydrogen) atoms. The van der Waals surface area contributed by atoms with Gasteiger partial charge in [-0.1, -0.05) is 114 Å². The van der Waals surface area contributed by atoms with Crippen LogP contribution in [0.4, 0.5) is 21.0 Å². The van der Waals surface area contributed by atoms with Crippen molar-refractivity contribution < 1.29 is 67.9 Å². The zero-order chi connectivity index (χ0) is 65.4. The number of H-pyrrole nitrogens is 2. The number of carboxylic acid groups (broad SMARTS) is 1. The standard InChI is InChI=1S/C26H30N2O5.C16H25NO3.C10H7NO3.CH4/c1-25(2,3)17-12-18(26(4,5)6)21(33-24(31)32-7)13-20(17)28-23(30)16-14-27-19-11-9-8-10-15(19)22(16)29;1-15(2,3)10-8-11(16(4,5)6)13(9-12(10)17)20-14(18)19-7;12-9-6-3-1-2-4-8(6)11-5-7(9)10(13)14;/h8-14H,1-7H3,(H,27,29)(H,28,30);8-9H,17H2,1-7H3;1-5H,(H,11,12)(H,13,14);1H4/i2*4D3,5D3,6D3;;. The molecule has 2 heterocycles. The van der Waals surface area contributed by atoms with Crippen molar-refractivity contribution in [1.82, 2.24) is 9.97 Å². The Hall–Kier alpha value is -7.42. The molecule has 0 spiro atoms.